The average Bonchev–Trinajstić information content (AvgIpc) is 2.68. The number of carbonyl (C=O) groups is 3. The molecule has 0 radical (unpaired) electrons. The normalized spacial score (nSPS) is 14.6. The number of hydrogen-bond donors (Lipinski definition) is 2. The fraction of sp³-hybridized carbons (Fsp3) is 0.550. The van der Waals surface area contributed by atoms with Gasteiger partial charge < -0.3 is 20.3 Å². The van der Waals surface area contributed by atoms with Gasteiger partial charge in [-0.15, -0.1) is 0 Å². The van der Waals surface area contributed by atoms with Gasteiger partial charge >= 0.3 is 6.09 Å². The largest absolute Gasteiger partial charge is 0.450 e. The molecule has 1 fully saturated rings. The van der Waals surface area contributed by atoms with Gasteiger partial charge in [0.05, 0.1) is 13.2 Å². The van der Waals surface area contributed by atoms with Crippen molar-refractivity contribution in [1.82, 2.24) is 20.4 Å². The maximum atomic E-state index is 12.3. The number of benzene rings is 1. The summed E-state index contributed by atoms with van der Waals surface area (Å²) in [6.07, 6.45) is 1.18. The van der Waals surface area contributed by atoms with Crippen LogP contribution < -0.4 is 10.6 Å². The smallest absolute Gasteiger partial charge is 0.409 e. The van der Waals surface area contributed by atoms with Crippen LogP contribution in [-0.2, 0) is 16.1 Å². The highest BCUT2D eigenvalue weighted by Gasteiger charge is 2.24. The van der Waals surface area contributed by atoms with Gasteiger partial charge in [-0.3, -0.25) is 14.5 Å². The molecular formula is C20H30N4O4. The van der Waals surface area contributed by atoms with E-state index in [1.165, 1.54) is 0 Å². The van der Waals surface area contributed by atoms with Gasteiger partial charge in [-0.05, 0) is 44.5 Å². The summed E-state index contributed by atoms with van der Waals surface area (Å²) in [5, 5.41) is 5.64. The van der Waals surface area contributed by atoms with Crippen molar-refractivity contribution in [1.29, 1.82) is 0 Å². The van der Waals surface area contributed by atoms with Crippen molar-refractivity contribution in [2.45, 2.75) is 32.4 Å². The first-order valence-corrected chi connectivity index (χ1v) is 9.63. The van der Waals surface area contributed by atoms with Crippen molar-refractivity contribution >= 4 is 17.9 Å². The summed E-state index contributed by atoms with van der Waals surface area (Å²) in [6, 6.07) is 7.42. The molecule has 1 saturated heterocycles. The van der Waals surface area contributed by atoms with Gasteiger partial charge in [0.1, 0.15) is 0 Å². The van der Waals surface area contributed by atoms with Crippen LogP contribution in [0.1, 0.15) is 35.7 Å². The Labute approximate surface area is 166 Å². The van der Waals surface area contributed by atoms with E-state index in [-0.39, 0.29) is 30.5 Å². The SMILES string of the molecule is CCOC(=O)N1CCC(NC(=O)CN(C)Cc2ccc(C(=O)NC)cc2)CC1. The molecular weight excluding hydrogens is 360 g/mol. The summed E-state index contributed by atoms with van der Waals surface area (Å²) >= 11 is 0. The number of nitrogens with zero attached hydrogens (tertiary/aromatic N) is 2. The Bertz CT molecular complexity index is 669. The predicted octanol–water partition coefficient (Wildman–Crippen LogP) is 1.22. The molecule has 0 bridgehead atoms. The van der Waals surface area contributed by atoms with Crippen LogP contribution in [-0.4, -0.2) is 74.1 Å². The minimum absolute atomic E-state index is 0.0286. The van der Waals surface area contributed by atoms with Crippen LogP contribution >= 0.6 is 0 Å². The Kier molecular flexibility index (Phi) is 8.25. The Morgan fingerprint density at radius 3 is 2.39 bits per heavy atom. The number of likely N-dealkylation sites (tertiary alicyclic amines) is 1. The van der Waals surface area contributed by atoms with E-state index >= 15 is 0 Å². The second kappa shape index (κ2) is 10.7. The first kappa shape index (κ1) is 21.7. The van der Waals surface area contributed by atoms with E-state index in [2.05, 4.69) is 10.6 Å². The van der Waals surface area contributed by atoms with E-state index < -0.39 is 0 Å². The van der Waals surface area contributed by atoms with E-state index in [0.29, 0.717) is 31.8 Å². The van der Waals surface area contributed by atoms with Crippen LogP contribution in [0.25, 0.3) is 0 Å². The van der Waals surface area contributed by atoms with Crippen LogP contribution in [0.4, 0.5) is 4.79 Å². The third-order valence-electron chi connectivity index (χ3n) is 4.70. The van der Waals surface area contributed by atoms with Gasteiger partial charge in [-0.25, -0.2) is 4.79 Å². The van der Waals surface area contributed by atoms with Crippen molar-refractivity contribution in [3.63, 3.8) is 0 Å². The fourth-order valence-corrected chi connectivity index (χ4v) is 3.21. The molecule has 1 aliphatic heterocycles. The third kappa shape index (κ3) is 6.53. The fourth-order valence-electron chi connectivity index (χ4n) is 3.21. The zero-order valence-electron chi connectivity index (χ0n) is 16.9. The third-order valence-corrected chi connectivity index (χ3v) is 4.70. The number of likely N-dealkylation sites (N-methyl/N-ethyl adjacent to an activating group) is 1. The van der Waals surface area contributed by atoms with Gasteiger partial charge in [0, 0.05) is 38.3 Å². The van der Waals surface area contributed by atoms with Crippen molar-refractivity contribution in [3.05, 3.63) is 35.4 Å². The number of piperidine rings is 1. The van der Waals surface area contributed by atoms with Crippen molar-refractivity contribution < 1.29 is 19.1 Å². The van der Waals surface area contributed by atoms with Crippen molar-refractivity contribution in [2.75, 3.05) is 40.3 Å². The molecule has 0 spiro atoms. The molecule has 8 heteroatoms. The molecule has 0 atom stereocenters. The van der Waals surface area contributed by atoms with Gasteiger partial charge in [0.15, 0.2) is 0 Å². The Balaban J connectivity index is 1.73. The van der Waals surface area contributed by atoms with Crippen LogP contribution in [0.3, 0.4) is 0 Å². The van der Waals surface area contributed by atoms with Gasteiger partial charge in [-0.1, -0.05) is 12.1 Å². The number of rotatable bonds is 7. The highest BCUT2D eigenvalue weighted by molar-refractivity contribution is 5.93. The number of carbonyl (C=O) groups excluding carboxylic acids is 3. The molecule has 1 heterocycles. The van der Waals surface area contributed by atoms with E-state index in [0.717, 1.165) is 18.4 Å². The zero-order chi connectivity index (χ0) is 20.5. The van der Waals surface area contributed by atoms with E-state index in [4.69, 9.17) is 4.74 Å². The summed E-state index contributed by atoms with van der Waals surface area (Å²) in [7, 11) is 3.49. The number of amides is 3. The number of ether oxygens (including phenoxy) is 1. The van der Waals surface area contributed by atoms with Gasteiger partial charge in [0.2, 0.25) is 5.91 Å². The molecule has 3 amide bonds. The molecule has 0 saturated carbocycles. The summed E-state index contributed by atoms with van der Waals surface area (Å²) < 4.78 is 5.00. The minimum Gasteiger partial charge on any atom is -0.450 e. The lowest BCUT2D eigenvalue weighted by Crippen LogP contribution is -2.48. The lowest BCUT2D eigenvalue weighted by atomic mass is 10.1. The number of hydrogen-bond acceptors (Lipinski definition) is 5. The summed E-state index contributed by atoms with van der Waals surface area (Å²) in [5.74, 6) is -0.146. The van der Waals surface area contributed by atoms with Crippen LogP contribution in [0.2, 0.25) is 0 Å². The monoisotopic (exact) mass is 390 g/mol. The lowest BCUT2D eigenvalue weighted by molar-refractivity contribution is -0.123. The Hall–Kier alpha value is -2.61. The molecule has 28 heavy (non-hydrogen) atoms. The molecule has 0 aliphatic carbocycles. The number of nitrogens with one attached hydrogen (secondary N) is 2. The van der Waals surface area contributed by atoms with Crippen molar-refractivity contribution in [2.24, 2.45) is 0 Å². The first-order chi connectivity index (χ1) is 13.4. The lowest BCUT2D eigenvalue weighted by Gasteiger charge is -2.32. The molecule has 1 aliphatic rings. The average molecular weight is 390 g/mol. The van der Waals surface area contributed by atoms with Crippen LogP contribution in [0, 0.1) is 0 Å². The molecule has 1 aromatic carbocycles. The van der Waals surface area contributed by atoms with Crippen LogP contribution in [0.15, 0.2) is 24.3 Å². The summed E-state index contributed by atoms with van der Waals surface area (Å²) in [6.45, 7) is 4.25. The van der Waals surface area contributed by atoms with Crippen LogP contribution in [0.5, 0.6) is 0 Å². The highest BCUT2D eigenvalue weighted by Crippen LogP contribution is 2.12. The maximum absolute atomic E-state index is 12.3. The molecule has 8 nitrogen and oxygen atoms in total. The second-order valence-electron chi connectivity index (χ2n) is 6.98. The maximum Gasteiger partial charge on any atom is 0.409 e. The van der Waals surface area contributed by atoms with E-state index in [1.807, 2.05) is 24.1 Å². The molecule has 2 rings (SSSR count). The van der Waals surface area contributed by atoms with Gasteiger partial charge in [0.25, 0.3) is 5.91 Å². The molecule has 154 valence electrons. The highest BCUT2D eigenvalue weighted by atomic mass is 16.6. The second-order valence-corrected chi connectivity index (χ2v) is 6.98. The predicted molar refractivity (Wildman–Crippen MR) is 106 cm³/mol. The molecule has 0 unspecified atom stereocenters. The Morgan fingerprint density at radius 2 is 1.82 bits per heavy atom. The topological polar surface area (TPSA) is 91.0 Å². The standard InChI is InChI=1S/C20H30N4O4/c1-4-28-20(27)24-11-9-17(10-12-24)22-18(25)14-23(3)13-15-5-7-16(8-6-15)19(26)21-2/h5-8,17H,4,9-14H2,1-3H3,(H,21,26)(H,22,25). The van der Waals surface area contributed by atoms with E-state index in [1.54, 1.807) is 31.0 Å². The zero-order valence-corrected chi connectivity index (χ0v) is 16.9. The first-order valence-electron chi connectivity index (χ1n) is 9.63. The Morgan fingerprint density at radius 1 is 1.18 bits per heavy atom. The minimum atomic E-state index is -0.283. The molecule has 2 N–H and O–H groups in total. The molecule has 1 aromatic rings. The quantitative estimate of drug-likeness (QED) is 0.730. The summed E-state index contributed by atoms with van der Waals surface area (Å²) in [5.41, 5.74) is 1.64. The molecule has 0 aromatic heterocycles. The van der Waals surface area contributed by atoms with Crippen molar-refractivity contribution in [3.8, 4) is 0 Å². The van der Waals surface area contributed by atoms with Gasteiger partial charge in [-0.2, -0.15) is 0 Å². The summed E-state index contributed by atoms with van der Waals surface area (Å²) in [4.78, 5) is 39.2. The van der Waals surface area contributed by atoms with E-state index in [9.17, 15) is 14.4 Å².